The Balaban J connectivity index is 1.60. The zero-order chi connectivity index (χ0) is 13.9. The summed E-state index contributed by atoms with van der Waals surface area (Å²) in [6.07, 6.45) is 7.93. The van der Waals surface area contributed by atoms with Crippen LogP contribution in [0.4, 0.5) is 5.69 Å². The van der Waals surface area contributed by atoms with Crippen molar-refractivity contribution in [2.24, 2.45) is 0 Å². The largest absolute Gasteiger partial charge is 0.382 e. The molecular weight excluding hydrogens is 244 g/mol. The third-order valence-corrected chi connectivity index (χ3v) is 5.01. The van der Waals surface area contributed by atoms with Gasteiger partial charge in [0.15, 0.2) is 0 Å². The standard InChI is InChI=1S/C18H28N2/c1-3-17-6-4-5-10-20(17)11-9-15-7-8-18-16(13-15)12-14(2)19-18/h7-8,13-14,17,19H,3-6,9-12H2,1-2H3. The third kappa shape index (κ3) is 3.01. The minimum absolute atomic E-state index is 0.604. The van der Waals surface area contributed by atoms with Crippen molar-refractivity contribution in [1.29, 1.82) is 0 Å². The van der Waals surface area contributed by atoms with E-state index in [0.29, 0.717) is 6.04 Å². The Morgan fingerprint density at radius 2 is 2.20 bits per heavy atom. The van der Waals surface area contributed by atoms with Crippen LogP contribution in [0.3, 0.4) is 0 Å². The van der Waals surface area contributed by atoms with Gasteiger partial charge >= 0.3 is 0 Å². The highest BCUT2D eigenvalue weighted by molar-refractivity contribution is 5.57. The molecule has 0 amide bonds. The molecule has 2 heterocycles. The van der Waals surface area contributed by atoms with Crippen LogP contribution in [0, 0.1) is 0 Å². The number of fused-ring (bicyclic) bond motifs is 1. The zero-order valence-electron chi connectivity index (χ0n) is 13.0. The summed E-state index contributed by atoms with van der Waals surface area (Å²) in [5, 5.41) is 3.54. The fourth-order valence-electron chi connectivity index (χ4n) is 3.85. The summed E-state index contributed by atoms with van der Waals surface area (Å²) in [7, 11) is 0. The number of benzene rings is 1. The van der Waals surface area contributed by atoms with Gasteiger partial charge in [0.05, 0.1) is 0 Å². The van der Waals surface area contributed by atoms with Crippen LogP contribution in [-0.4, -0.2) is 30.1 Å². The molecule has 110 valence electrons. The minimum atomic E-state index is 0.604. The molecule has 0 aliphatic carbocycles. The van der Waals surface area contributed by atoms with Crippen LogP contribution in [0.15, 0.2) is 18.2 Å². The van der Waals surface area contributed by atoms with Crippen molar-refractivity contribution in [3.63, 3.8) is 0 Å². The Kier molecular flexibility index (Phi) is 4.30. The molecule has 1 fully saturated rings. The van der Waals surface area contributed by atoms with Gasteiger partial charge in [0.25, 0.3) is 0 Å². The number of nitrogens with one attached hydrogen (secondary N) is 1. The van der Waals surface area contributed by atoms with Crippen molar-refractivity contribution < 1.29 is 0 Å². The highest BCUT2D eigenvalue weighted by Gasteiger charge is 2.21. The molecule has 2 unspecified atom stereocenters. The van der Waals surface area contributed by atoms with Crippen molar-refractivity contribution in [1.82, 2.24) is 4.90 Å². The van der Waals surface area contributed by atoms with Crippen LogP contribution >= 0.6 is 0 Å². The predicted octanol–water partition coefficient (Wildman–Crippen LogP) is 3.85. The first-order valence-corrected chi connectivity index (χ1v) is 8.38. The molecule has 1 N–H and O–H groups in total. The van der Waals surface area contributed by atoms with Crippen LogP contribution in [0.2, 0.25) is 0 Å². The van der Waals surface area contributed by atoms with Crippen molar-refractivity contribution in [3.8, 4) is 0 Å². The van der Waals surface area contributed by atoms with Gasteiger partial charge in [-0.05, 0) is 62.8 Å². The molecule has 1 aromatic carbocycles. The molecular formula is C18H28N2. The molecule has 0 aromatic heterocycles. The van der Waals surface area contributed by atoms with Gasteiger partial charge in [-0.2, -0.15) is 0 Å². The number of hydrogen-bond acceptors (Lipinski definition) is 2. The number of piperidine rings is 1. The van der Waals surface area contributed by atoms with E-state index >= 15 is 0 Å². The predicted molar refractivity (Wildman–Crippen MR) is 86.4 cm³/mol. The first-order valence-electron chi connectivity index (χ1n) is 8.38. The van der Waals surface area contributed by atoms with E-state index in [9.17, 15) is 0 Å². The molecule has 0 radical (unpaired) electrons. The topological polar surface area (TPSA) is 15.3 Å². The SMILES string of the molecule is CCC1CCCCN1CCc1ccc2c(c1)CC(C)N2. The number of nitrogens with zero attached hydrogens (tertiary/aromatic N) is 1. The van der Waals surface area contributed by atoms with E-state index in [-0.39, 0.29) is 0 Å². The van der Waals surface area contributed by atoms with E-state index in [1.54, 1.807) is 0 Å². The lowest BCUT2D eigenvalue weighted by Gasteiger charge is -2.35. The maximum atomic E-state index is 3.54. The van der Waals surface area contributed by atoms with Gasteiger partial charge < -0.3 is 10.2 Å². The average molecular weight is 272 g/mol. The Hall–Kier alpha value is -1.02. The Labute approximate surface area is 123 Å². The van der Waals surface area contributed by atoms with E-state index < -0.39 is 0 Å². The normalized spacial score (nSPS) is 26.3. The first-order chi connectivity index (χ1) is 9.76. The van der Waals surface area contributed by atoms with Crippen LogP contribution in [-0.2, 0) is 12.8 Å². The van der Waals surface area contributed by atoms with Crippen LogP contribution in [0.1, 0.15) is 50.7 Å². The summed E-state index contributed by atoms with van der Waals surface area (Å²) in [5.74, 6) is 0. The lowest BCUT2D eigenvalue weighted by molar-refractivity contribution is 0.146. The van der Waals surface area contributed by atoms with Gasteiger partial charge in [0.2, 0.25) is 0 Å². The van der Waals surface area contributed by atoms with Gasteiger partial charge in [-0.25, -0.2) is 0 Å². The fraction of sp³-hybridized carbons (Fsp3) is 0.667. The second-order valence-electron chi connectivity index (χ2n) is 6.58. The maximum absolute atomic E-state index is 3.54. The van der Waals surface area contributed by atoms with E-state index in [0.717, 1.165) is 6.04 Å². The quantitative estimate of drug-likeness (QED) is 0.895. The summed E-state index contributed by atoms with van der Waals surface area (Å²) in [5.41, 5.74) is 4.38. The van der Waals surface area contributed by atoms with E-state index in [1.165, 1.54) is 68.4 Å². The second-order valence-corrected chi connectivity index (χ2v) is 6.58. The summed E-state index contributed by atoms with van der Waals surface area (Å²) in [6, 6.07) is 8.46. The Morgan fingerprint density at radius 3 is 3.05 bits per heavy atom. The average Bonchev–Trinajstić information content (AvgIpc) is 2.84. The number of hydrogen-bond donors (Lipinski definition) is 1. The van der Waals surface area contributed by atoms with Crippen molar-refractivity contribution in [3.05, 3.63) is 29.3 Å². The molecule has 20 heavy (non-hydrogen) atoms. The molecule has 2 aliphatic rings. The molecule has 0 saturated carbocycles. The zero-order valence-corrected chi connectivity index (χ0v) is 13.0. The van der Waals surface area contributed by atoms with Gasteiger partial charge in [0, 0.05) is 24.3 Å². The van der Waals surface area contributed by atoms with Gasteiger partial charge in [-0.1, -0.05) is 25.5 Å². The molecule has 2 atom stereocenters. The van der Waals surface area contributed by atoms with E-state index in [2.05, 4.69) is 42.3 Å². The highest BCUT2D eigenvalue weighted by atomic mass is 15.2. The summed E-state index contributed by atoms with van der Waals surface area (Å²) in [6.45, 7) is 7.15. The van der Waals surface area contributed by atoms with E-state index in [4.69, 9.17) is 0 Å². The second kappa shape index (κ2) is 6.17. The van der Waals surface area contributed by atoms with Gasteiger partial charge in [0.1, 0.15) is 0 Å². The molecule has 3 rings (SSSR count). The fourth-order valence-corrected chi connectivity index (χ4v) is 3.85. The number of rotatable bonds is 4. The molecule has 0 bridgehead atoms. The van der Waals surface area contributed by atoms with Crippen LogP contribution in [0.25, 0.3) is 0 Å². The van der Waals surface area contributed by atoms with Gasteiger partial charge in [-0.15, -0.1) is 0 Å². The highest BCUT2D eigenvalue weighted by Crippen LogP contribution is 2.27. The summed E-state index contributed by atoms with van der Waals surface area (Å²) >= 11 is 0. The summed E-state index contributed by atoms with van der Waals surface area (Å²) < 4.78 is 0. The Morgan fingerprint density at radius 1 is 1.30 bits per heavy atom. The lowest BCUT2D eigenvalue weighted by Crippen LogP contribution is -2.40. The van der Waals surface area contributed by atoms with Gasteiger partial charge in [-0.3, -0.25) is 0 Å². The van der Waals surface area contributed by atoms with Crippen molar-refractivity contribution in [2.45, 2.75) is 64.5 Å². The molecule has 2 heteroatoms. The number of anilines is 1. The molecule has 1 saturated heterocycles. The number of likely N-dealkylation sites (tertiary alicyclic amines) is 1. The maximum Gasteiger partial charge on any atom is 0.0375 e. The van der Waals surface area contributed by atoms with Crippen molar-refractivity contribution >= 4 is 5.69 Å². The summed E-state index contributed by atoms with van der Waals surface area (Å²) in [4.78, 5) is 2.72. The van der Waals surface area contributed by atoms with Crippen molar-refractivity contribution in [2.75, 3.05) is 18.4 Å². The first kappa shape index (κ1) is 13.9. The van der Waals surface area contributed by atoms with Crippen LogP contribution in [0.5, 0.6) is 0 Å². The third-order valence-electron chi connectivity index (χ3n) is 5.01. The molecule has 2 aliphatic heterocycles. The molecule has 0 spiro atoms. The lowest BCUT2D eigenvalue weighted by atomic mass is 9.98. The minimum Gasteiger partial charge on any atom is -0.382 e. The Bertz CT molecular complexity index is 455. The van der Waals surface area contributed by atoms with E-state index in [1.807, 2.05) is 0 Å². The monoisotopic (exact) mass is 272 g/mol. The van der Waals surface area contributed by atoms with Crippen LogP contribution < -0.4 is 5.32 Å². The smallest absolute Gasteiger partial charge is 0.0375 e. The molecule has 1 aromatic rings. The molecule has 2 nitrogen and oxygen atoms in total.